The minimum Gasteiger partial charge on any atom is -0.340 e. The lowest BCUT2D eigenvalue weighted by molar-refractivity contribution is -0.133. The first-order chi connectivity index (χ1) is 7.13. The summed E-state index contributed by atoms with van der Waals surface area (Å²) in [4.78, 5) is 26.5. The molecule has 0 spiro atoms. The first-order valence-corrected chi connectivity index (χ1v) is 5.63. The van der Waals surface area contributed by atoms with Crippen LogP contribution in [0.3, 0.4) is 0 Å². The smallest absolute Gasteiger partial charge is 0.222 e. The third-order valence-corrected chi connectivity index (χ3v) is 2.64. The average molecular weight is 212 g/mol. The fourth-order valence-electron chi connectivity index (χ4n) is 1.84. The van der Waals surface area contributed by atoms with E-state index < -0.39 is 0 Å². The Kier molecular flexibility index (Phi) is 4.75. The quantitative estimate of drug-likeness (QED) is 0.682. The molecule has 0 unspecified atom stereocenters. The second kappa shape index (κ2) is 5.85. The minimum absolute atomic E-state index is 0.198. The summed E-state index contributed by atoms with van der Waals surface area (Å²) in [5.41, 5.74) is 0. The van der Waals surface area contributed by atoms with Crippen LogP contribution < -0.4 is 0 Å². The van der Waals surface area contributed by atoms with Crippen LogP contribution in [0.5, 0.6) is 0 Å². The van der Waals surface area contributed by atoms with Gasteiger partial charge in [-0.2, -0.15) is 0 Å². The molecule has 4 nitrogen and oxygen atoms in total. The Balaban J connectivity index is 2.29. The van der Waals surface area contributed by atoms with Gasteiger partial charge in [0, 0.05) is 32.6 Å². The van der Waals surface area contributed by atoms with Gasteiger partial charge in [-0.25, -0.2) is 0 Å². The molecule has 1 rings (SSSR count). The molecule has 4 heteroatoms. The van der Waals surface area contributed by atoms with Crippen molar-refractivity contribution in [3.8, 4) is 0 Å². The molecule has 0 aromatic heterocycles. The van der Waals surface area contributed by atoms with Crippen molar-refractivity contribution in [2.75, 3.05) is 32.7 Å². The zero-order valence-electron chi connectivity index (χ0n) is 9.66. The van der Waals surface area contributed by atoms with E-state index >= 15 is 0 Å². The highest BCUT2D eigenvalue weighted by Gasteiger charge is 2.20. The Morgan fingerprint density at radius 2 is 1.73 bits per heavy atom. The standard InChI is InChI=1S/C11H20N2O2/c1-3-4-11(15)13-7-5-12(6-8-13)9-10(2)14/h3-9H2,1-2H3. The number of rotatable bonds is 4. The van der Waals surface area contributed by atoms with Gasteiger partial charge >= 0.3 is 0 Å². The largest absolute Gasteiger partial charge is 0.340 e. The maximum Gasteiger partial charge on any atom is 0.222 e. The Morgan fingerprint density at radius 1 is 1.13 bits per heavy atom. The summed E-state index contributed by atoms with van der Waals surface area (Å²) in [6.07, 6.45) is 1.55. The molecule has 1 heterocycles. The van der Waals surface area contributed by atoms with Gasteiger partial charge in [-0.3, -0.25) is 14.5 Å². The molecule has 0 aromatic carbocycles. The molecule has 1 aliphatic rings. The molecule has 15 heavy (non-hydrogen) atoms. The van der Waals surface area contributed by atoms with E-state index in [0.717, 1.165) is 32.6 Å². The van der Waals surface area contributed by atoms with Crippen LogP contribution in [0.25, 0.3) is 0 Å². The van der Waals surface area contributed by atoms with E-state index in [4.69, 9.17) is 0 Å². The molecule has 0 atom stereocenters. The number of piperazine rings is 1. The number of carbonyl (C=O) groups is 2. The number of carbonyl (C=O) groups excluding carboxylic acids is 2. The molecule has 0 bridgehead atoms. The summed E-state index contributed by atoms with van der Waals surface area (Å²) in [5.74, 6) is 0.448. The van der Waals surface area contributed by atoms with Gasteiger partial charge < -0.3 is 4.90 Å². The van der Waals surface area contributed by atoms with Crippen molar-refractivity contribution < 1.29 is 9.59 Å². The summed E-state index contributed by atoms with van der Waals surface area (Å²) >= 11 is 0. The van der Waals surface area contributed by atoms with E-state index in [1.54, 1.807) is 6.92 Å². The van der Waals surface area contributed by atoms with Gasteiger partial charge in [0.1, 0.15) is 5.78 Å². The molecule has 1 amide bonds. The molecule has 1 aliphatic heterocycles. The highest BCUT2D eigenvalue weighted by molar-refractivity contribution is 5.78. The minimum atomic E-state index is 0.198. The molecule has 0 saturated carbocycles. The van der Waals surface area contributed by atoms with Crippen molar-refractivity contribution in [3.05, 3.63) is 0 Å². The molecule has 0 aliphatic carbocycles. The van der Waals surface area contributed by atoms with Crippen LogP contribution in [-0.4, -0.2) is 54.2 Å². The normalized spacial score (nSPS) is 17.9. The van der Waals surface area contributed by atoms with Crippen LogP contribution in [0, 0.1) is 0 Å². The zero-order valence-corrected chi connectivity index (χ0v) is 9.66. The number of Topliss-reactive ketones (excluding diaryl/α,β-unsaturated/α-hetero) is 1. The fraction of sp³-hybridized carbons (Fsp3) is 0.818. The van der Waals surface area contributed by atoms with Crippen LogP contribution in [0.2, 0.25) is 0 Å². The fourth-order valence-corrected chi connectivity index (χ4v) is 1.84. The van der Waals surface area contributed by atoms with Gasteiger partial charge in [-0.05, 0) is 13.3 Å². The van der Waals surface area contributed by atoms with Crippen molar-refractivity contribution >= 4 is 11.7 Å². The number of amides is 1. The van der Waals surface area contributed by atoms with Crippen molar-refractivity contribution in [3.63, 3.8) is 0 Å². The summed E-state index contributed by atoms with van der Waals surface area (Å²) < 4.78 is 0. The van der Waals surface area contributed by atoms with E-state index in [2.05, 4.69) is 4.90 Å². The van der Waals surface area contributed by atoms with Crippen molar-refractivity contribution in [1.82, 2.24) is 9.80 Å². The molecule has 1 saturated heterocycles. The van der Waals surface area contributed by atoms with Gasteiger partial charge in [0.2, 0.25) is 5.91 Å². The predicted molar refractivity (Wildman–Crippen MR) is 58.6 cm³/mol. The lowest BCUT2D eigenvalue weighted by Crippen LogP contribution is -2.49. The maximum atomic E-state index is 11.6. The van der Waals surface area contributed by atoms with E-state index in [1.165, 1.54) is 0 Å². The predicted octanol–water partition coefficient (Wildman–Crippen LogP) is 0.520. The summed E-state index contributed by atoms with van der Waals surface area (Å²) in [6, 6.07) is 0. The van der Waals surface area contributed by atoms with Gasteiger partial charge in [-0.15, -0.1) is 0 Å². The molecular formula is C11H20N2O2. The number of hydrogen-bond donors (Lipinski definition) is 0. The lowest BCUT2D eigenvalue weighted by atomic mass is 10.2. The van der Waals surface area contributed by atoms with Crippen molar-refractivity contribution in [2.45, 2.75) is 26.7 Å². The molecule has 0 aromatic rings. The molecule has 0 N–H and O–H groups in total. The second-order valence-electron chi connectivity index (χ2n) is 4.11. The van der Waals surface area contributed by atoms with Gasteiger partial charge in [0.05, 0.1) is 6.54 Å². The third-order valence-electron chi connectivity index (χ3n) is 2.64. The first kappa shape index (κ1) is 12.2. The van der Waals surface area contributed by atoms with Crippen LogP contribution in [0.4, 0.5) is 0 Å². The highest BCUT2D eigenvalue weighted by atomic mass is 16.2. The summed E-state index contributed by atoms with van der Waals surface area (Å²) in [6.45, 7) is 7.34. The lowest BCUT2D eigenvalue weighted by Gasteiger charge is -2.34. The van der Waals surface area contributed by atoms with Gasteiger partial charge in [0.15, 0.2) is 0 Å². The van der Waals surface area contributed by atoms with E-state index in [1.807, 2.05) is 11.8 Å². The summed E-state index contributed by atoms with van der Waals surface area (Å²) in [7, 11) is 0. The number of nitrogens with zero attached hydrogens (tertiary/aromatic N) is 2. The molecule has 86 valence electrons. The van der Waals surface area contributed by atoms with Gasteiger partial charge in [0.25, 0.3) is 0 Å². The van der Waals surface area contributed by atoms with Crippen LogP contribution in [-0.2, 0) is 9.59 Å². The van der Waals surface area contributed by atoms with Crippen molar-refractivity contribution in [2.24, 2.45) is 0 Å². The Bertz CT molecular complexity index is 233. The Morgan fingerprint density at radius 3 is 2.20 bits per heavy atom. The van der Waals surface area contributed by atoms with Crippen LogP contribution in [0.15, 0.2) is 0 Å². The monoisotopic (exact) mass is 212 g/mol. The molecule has 1 fully saturated rings. The highest BCUT2D eigenvalue weighted by Crippen LogP contribution is 2.04. The Labute approximate surface area is 91.2 Å². The Hall–Kier alpha value is -0.900. The first-order valence-electron chi connectivity index (χ1n) is 5.63. The number of hydrogen-bond acceptors (Lipinski definition) is 3. The van der Waals surface area contributed by atoms with Crippen LogP contribution in [0.1, 0.15) is 26.7 Å². The van der Waals surface area contributed by atoms with E-state index in [9.17, 15) is 9.59 Å². The van der Waals surface area contributed by atoms with Crippen LogP contribution >= 0.6 is 0 Å². The number of ketones is 1. The molecule has 0 radical (unpaired) electrons. The topological polar surface area (TPSA) is 40.6 Å². The molecular weight excluding hydrogens is 192 g/mol. The average Bonchev–Trinajstić information content (AvgIpc) is 2.18. The zero-order chi connectivity index (χ0) is 11.3. The third kappa shape index (κ3) is 4.00. The van der Waals surface area contributed by atoms with Gasteiger partial charge in [-0.1, -0.05) is 6.92 Å². The summed E-state index contributed by atoms with van der Waals surface area (Å²) in [5, 5.41) is 0. The van der Waals surface area contributed by atoms with E-state index in [-0.39, 0.29) is 11.7 Å². The van der Waals surface area contributed by atoms with E-state index in [0.29, 0.717) is 13.0 Å². The maximum absolute atomic E-state index is 11.6. The van der Waals surface area contributed by atoms with Crippen molar-refractivity contribution in [1.29, 1.82) is 0 Å². The SMILES string of the molecule is CCCC(=O)N1CCN(CC(C)=O)CC1. The second-order valence-corrected chi connectivity index (χ2v) is 4.11.